The molecule has 0 aliphatic rings. The normalized spacial score (nSPS) is 13.0. The molecule has 3 nitrogen and oxygen atoms in total. The molecule has 0 radical (unpaired) electrons. The van der Waals surface area contributed by atoms with Crippen LogP contribution in [0.5, 0.6) is 0 Å². The maximum atomic E-state index is 4.70. The van der Waals surface area contributed by atoms with Gasteiger partial charge in [0.15, 0.2) is 5.96 Å². The van der Waals surface area contributed by atoms with Gasteiger partial charge in [0, 0.05) is 23.2 Å². The van der Waals surface area contributed by atoms with E-state index >= 15 is 0 Å². The fraction of sp³-hybridized carbons (Fsp3) is 0.588. The second-order valence-electron chi connectivity index (χ2n) is 5.09. The summed E-state index contributed by atoms with van der Waals surface area (Å²) < 4.78 is 0. The highest BCUT2D eigenvalue weighted by Crippen LogP contribution is 2.22. The summed E-state index contributed by atoms with van der Waals surface area (Å²) in [6.07, 6.45) is 4.61. The molecule has 2 N–H and O–H groups in total. The highest BCUT2D eigenvalue weighted by molar-refractivity contribution is 8.00. The first-order chi connectivity index (χ1) is 10.8. The molecule has 124 valence electrons. The number of unbranched alkanes of at least 4 members (excludes halogenated alkanes) is 1. The number of guanidine groups is 1. The Morgan fingerprint density at radius 2 is 1.95 bits per heavy atom. The van der Waals surface area contributed by atoms with Crippen LogP contribution in [-0.2, 0) is 0 Å². The smallest absolute Gasteiger partial charge is 0.191 e. The summed E-state index contributed by atoms with van der Waals surface area (Å²) >= 11 is 3.78. The standard InChI is InChI=1S/C17H29N3S2/c1-4-18-17(19-12-8-9-13-21-3)20-14-15(2)22-16-10-6-5-7-11-16/h5-7,10-11,15H,4,8-9,12-14H2,1-3H3,(H2,18,19,20). The molecule has 1 atom stereocenters. The van der Waals surface area contributed by atoms with Crippen molar-refractivity contribution in [1.82, 2.24) is 10.6 Å². The molecule has 5 heteroatoms. The maximum absolute atomic E-state index is 4.70. The Hall–Kier alpha value is -0.810. The van der Waals surface area contributed by atoms with E-state index in [-0.39, 0.29) is 0 Å². The summed E-state index contributed by atoms with van der Waals surface area (Å²) in [5, 5.41) is 7.20. The minimum atomic E-state index is 0.467. The lowest BCUT2D eigenvalue weighted by Gasteiger charge is -2.13. The van der Waals surface area contributed by atoms with Crippen molar-refractivity contribution in [2.24, 2.45) is 4.99 Å². The van der Waals surface area contributed by atoms with Gasteiger partial charge < -0.3 is 10.6 Å². The molecule has 0 saturated carbocycles. The third-order valence-corrected chi connectivity index (χ3v) is 4.79. The summed E-state index contributed by atoms with van der Waals surface area (Å²) in [5.74, 6) is 2.17. The van der Waals surface area contributed by atoms with Crippen LogP contribution in [0.2, 0.25) is 0 Å². The molecule has 22 heavy (non-hydrogen) atoms. The van der Waals surface area contributed by atoms with Gasteiger partial charge in [-0.05, 0) is 43.9 Å². The Morgan fingerprint density at radius 3 is 2.64 bits per heavy atom. The van der Waals surface area contributed by atoms with Gasteiger partial charge in [-0.25, -0.2) is 0 Å². The van der Waals surface area contributed by atoms with Crippen LogP contribution >= 0.6 is 23.5 Å². The molecule has 0 amide bonds. The fourth-order valence-corrected chi connectivity index (χ4v) is 3.33. The van der Waals surface area contributed by atoms with Crippen molar-refractivity contribution in [2.75, 3.05) is 31.6 Å². The Kier molecular flexibility index (Phi) is 11.1. The number of hydrogen-bond acceptors (Lipinski definition) is 3. The summed E-state index contributed by atoms with van der Waals surface area (Å²) in [6.45, 7) is 7.04. The van der Waals surface area contributed by atoms with E-state index in [0.29, 0.717) is 5.25 Å². The van der Waals surface area contributed by atoms with Crippen molar-refractivity contribution < 1.29 is 0 Å². The van der Waals surface area contributed by atoms with Gasteiger partial charge in [-0.15, -0.1) is 11.8 Å². The van der Waals surface area contributed by atoms with Crippen LogP contribution in [0.1, 0.15) is 26.7 Å². The van der Waals surface area contributed by atoms with Crippen LogP contribution in [0, 0.1) is 0 Å². The Labute approximate surface area is 144 Å². The van der Waals surface area contributed by atoms with Crippen molar-refractivity contribution in [1.29, 1.82) is 0 Å². The largest absolute Gasteiger partial charge is 0.357 e. The Bertz CT molecular complexity index is 410. The molecule has 1 aromatic carbocycles. The van der Waals surface area contributed by atoms with Gasteiger partial charge >= 0.3 is 0 Å². The lowest BCUT2D eigenvalue weighted by molar-refractivity contribution is 0.733. The molecule has 1 unspecified atom stereocenters. The summed E-state index contributed by atoms with van der Waals surface area (Å²) in [4.78, 5) is 6.00. The number of benzene rings is 1. The molecule has 0 aliphatic carbocycles. The topological polar surface area (TPSA) is 36.4 Å². The van der Waals surface area contributed by atoms with E-state index in [4.69, 9.17) is 4.99 Å². The van der Waals surface area contributed by atoms with E-state index in [1.165, 1.54) is 23.5 Å². The molecule has 0 saturated heterocycles. The Balaban J connectivity index is 2.33. The van der Waals surface area contributed by atoms with E-state index in [9.17, 15) is 0 Å². The van der Waals surface area contributed by atoms with Crippen LogP contribution in [0.4, 0.5) is 0 Å². The fourth-order valence-electron chi connectivity index (χ4n) is 1.91. The van der Waals surface area contributed by atoms with E-state index in [1.54, 1.807) is 0 Å². The second kappa shape index (κ2) is 12.7. The zero-order chi connectivity index (χ0) is 16.0. The van der Waals surface area contributed by atoms with Crippen molar-refractivity contribution in [3.8, 4) is 0 Å². The van der Waals surface area contributed by atoms with E-state index in [1.807, 2.05) is 23.5 Å². The number of rotatable bonds is 10. The maximum Gasteiger partial charge on any atom is 0.191 e. The average Bonchev–Trinajstić information content (AvgIpc) is 2.53. The molecule has 0 aliphatic heterocycles. The van der Waals surface area contributed by atoms with Gasteiger partial charge in [-0.1, -0.05) is 25.1 Å². The lowest BCUT2D eigenvalue weighted by Crippen LogP contribution is -2.38. The van der Waals surface area contributed by atoms with E-state index in [2.05, 4.69) is 61.1 Å². The first-order valence-corrected chi connectivity index (χ1v) is 10.3. The molecular formula is C17H29N3S2. The predicted molar refractivity (Wildman–Crippen MR) is 103 cm³/mol. The number of aliphatic imine (C=N–C) groups is 1. The van der Waals surface area contributed by atoms with Gasteiger partial charge in [0.05, 0.1) is 6.54 Å². The molecule has 0 aromatic heterocycles. The minimum Gasteiger partial charge on any atom is -0.357 e. The molecule has 1 aromatic rings. The van der Waals surface area contributed by atoms with Crippen molar-refractivity contribution in [2.45, 2.75) is 36.8 Å². The molecule has 0 fully saturated rings. The van der Waals surface area contributed by atoms with Gasteiger partial charge in [-0.3, -0.25) is 4.99 Å². The van der Waals surface area contributed by atoms with E-state index < -0.39 is 0 Å². The lowest BCUT2D eigenvalue weighted by atomic mass is 10.3. The predicted octanol–water partition coefficient (Wildman–Crippen LogP) is 3.87. The molecule has 1 rings (SSSR count). The SMILES string of the molecule is CCNC(=NCC(C)Sc1ccccc1)NCCCCSC. The molecule has 0 spiro atoms. The van der Waals surface area contributed by atoms with Crippen LogP contribution in [0.3, 0.4) is 0 Å². The quantitative estimate of drug-likeness (QED) is 0.294. The first kappa shape index (κ1) is 19.2. The Morgan fingerprint density at radius 1 is 1.18 bits per heavy atom. The van der Waals surface area contributed by atoms with Crippen LogP contribution in [0.25, 0.3) is 0 Å². The summed E-state index contributed by atoms with van der Waals surface area (Å²) in [5.41, 5.74) is 0. The van der Waals surface area contributed by atoms with Crippen LogP contribution < -0.4 is 10.6 Å². The summed E-state index contributed by atoms with van der Waals surface area (Å²) in [6, 6.07) is 10.5. The van der Waals surface area contributed by atoms with Crippen molar-refractivity contribution in [3.63, 3.8) is 0 Å². The highest BCUT2D eigenvalue weighted by Gasteiger charge is 2.04. The summed E-state index contributed by atoms with van der Waals surface area (Å²) in [7, 11) is 0. The van der Waals surface area contributed by atoms with Gasteiger partial charge in [0.25, 0.3) is 0 Å². The highest BCUT2D eigenvalue weighted by atomic mass is 32.2. The number of nitrogens with one attached hydrogen (secondary N) is 2. The second-order valence-corrected chi connectivity index (χ2v) is 7.59. The van der Waals surface area contributed by atoms with Gasteiger partial charge in [-0.2, -0.15) is 11.8 Å². The number of hydrogen-bond donors (Lipinski definition) is 2. The minimum absolute atomic E-state index is 0.467. The number of nitrogens with zero attached hydrogens (tertiary/aromatic N) is 1. The zero-order valence-corrected chi connectivity index (χ0v) is 15.6. The van der Waals surface area contributed by atoms with Gasteiger partial charge in [0.1, 0.15) is 0 Å². The monoisotopic (exact) mass is 339 g/mol. The number of thioether (sulfide) groups is 2. The molecule has 0 heterocycles. The first-order valence-electron chi connectivity index (χ1n) is 7.99. The van der Waals surface area contributed by atoms with Gasteiger partial charge in [0.2, 0.25) is 0 Å². The third-order valence-electron chi connectivity index (χ3n) is 3.00. The third kappa shape index (κ3) is 9.26. The van der Waals surface area contributed by atoms with Crippen LogP contribution in [0.15, 0.2) is 40.2 Å². The molecule has 0 bridgehead atoms. The zero-order valence-electron chi connectivity index (χ0n) is 14.0. The van der Waals surface area contributed by atoms with Crippen molar-refractivity contribution in [3.05, 3.63) is 30.3 Å². The van der Waals surface area contributed by atoms with Crippen LogP contribution in [-0.4, -0.2) is 42.9 Å². The molecular weight excluding hydrogens is 310 g/mol. The van der Waals surface area contributed by atoms with Crippen molar-refractivity contribution >= 4 is 29.5 Å². The van der Waals surface area contributed by atoms with E-state index in [0.717, 1.165) is 25.6 Å². The average molecular weight is 340 g/mol.